The SMILES string of the molecule is CCn1c(C)c(/C=N/Nc2nnc(C)c(=O)[nH]2)c2ccccc21. The van der Waals surface area contributed by atoms with Gasteiger partial charge in [0.05, 0.1) is 6.21 Å². The molecule has 23 heavy (non-hydrogen) atoms. The van der Waals surface area contributed by atoms with Crippen molar-refractivity contribution < 1.29 is 0 Å². The summed E-state index contributed by atoms with van der Waals surface area (Å²) in [5, 5.41) is 12.9. The molecular formula is C16H18N6O. The molecule has 0 saturated heterocycles. The third kappa shape index (κ3) is 2.73. The van der Waals surface area contributed by atoms with Crippen LogP contribution in [0.3, 0.4) is 0 Å². The summed E-state index contributed by atoms with van der Waals surface area (Å²) in [6.45, 7) is 6.68. The molecule has 0 saturated carbocycles. The van der Waals surface area contributed by atoms with Crippen LogP contribution in [0, 0.1) is 13.8 Å². The predicted molar refractivity (Wildman–Crippen MR) is 91.0 cm³/mol. The molecular weight excluding hydrogens is 292 g/mol. The van der Waals surface area contributed by atoms with Gasteiger partial charge in [0.2, 0.25) is 5.95 Å². The zero-order valence-electron chi connectivity index (χ0n) is 13.3. The lowest BCUT2D eigenvalue weighted by Crippen LogP contribution is -2.15. The van der Waals surface area contributed by atoms with E-state index in [4.69, 9.17) is 0 Å². The summed E-state index contributed by atoms with van der Waals surface area (Å²) >= 11 is 0. The molecule has 1 aromatic carbocycles. The summed E-state index contributed by atoms with van der Waals surface area (Å²) < 4.78 is 2.24. The third-order valence-electron chi connectivity index (χ3n) is 3.82. The Balaban J connectivity index is 1.93. The van der Waals surface area contributed by atoms with E-state index < -0.39 is 0 Å². The number of hydrogen-bond acceptors (Lipinski definition) is 5. The zero-order valence-corrected chi connectivity index (χ0v) is 13.3. The first-order valence-corrected chi connectivity index (χ1v) is 7.42. The first kappa shape index (κ1) is 15.0. The van der Waals surface area contributed by atoms with Crippen molar-refractivity contribution in [1.82, 2.24) is 19.7 Å². The lowest BCUT2D eigenvalue weighted by molar-refractivity contribution is 0.769. The second kappa shape index (κ2) is 6.04. The molecule has 3 rings (SSSR count). The van der Waals surface area contributed by atoms with Gasteiger partial charge in [0.15, 0.2) is 0 Å². The van der Waals surface area contributed by atoms with Crippen LogP contribution in [-0.4, -0.2) is 26.0 Å². The monoisotopic (exact) mass is 310 g/mol. The third-order valence-corrected chi connectivity index (χ3v) is 3.82. The van der Waals surface area contributed by atoms with Gasteiger partial charge < -0.3 is 4.57 Å². The van der Waals surface area contributed by atoms with Gasteiger partial charge in [-0.2, -0.15) is 5.10 Å². The Morgan fingerprint density at radius 3 is 2.83 bits per heavy atom. The first-order chi connectivity index (χ1) is 11.1. The Morgan fingerprint density at radius 1 is 1.30 bits per heavy atom. The Kier molecular flexibility index (Phi) is 3.92. The number of H-pyrrole nitrogens is 1. The molecule has 0 aliphatic rings. The van der Waals surface area contributed by atoms with Gasteiger partial charge >= 0.3 is 0 Å². The normalized spacial score (nSPS) is 11.4. The van der Waals surface area contributed by atoms with E-state index in [0.717, 1.165) is 23.2 Å². The minimum atomic E-state index is -0.281. The van der Waals surface area contributed by atoms with E-state index in [9.17, 15) is 4.79 Å². The number of fused-ring (bicyclic) bond motifs is 1. The van der Waals surface area contributed by atoms with Crippen LogP contribution >= 0.6 is 0 Å². The number of aromatic nitrogens is 4. The lowest BCUT2D eigenvalue weighted by atomic mass is 10.1. The molecule has 0 aliphatic carbocycles. The molecule has 2 aromatic heterocycles. The van der Waals surface area contributed by atoms with Crippen molar-refractivity contribution in [3.05, 3.63) is 51.6 Å². The Hall–Kier alpha value is -2.96. The van der Waals surface area contributed by atoms with Crippen molar-refractivity contribution in [1.29, 1.82) is 0 Å². The van der Waals surface area contributed by atoms with Crippen LogP contribution in [0.4, 0.5) is 5.95 Å². The molecule has 0 amide bonds. The van der Waals surface area contributed by atoms with Gasteiger partial charge in [-0.3, -0.25) is 9.78 Å². The van der Waals surface area contributed by atoms with Crippen molar-refractivity contribution in [3.63, 3.8) is 0 Å². The molecule has 7 nitrogen and oxygen atoms in total. The molecule has 0 fully saturated rings. The van der Waals surface area contributed by atoms with Gasteiger partial charge in [-0.05, 0) is 26.8 Å². The minimum Gasteiger partial charge on any atom is -0.344 e. The smallest absolute Gasteiger partial charge is 0.274 e. The average Bonchev–Trinajstić information content (AvgIpc) is 2.82. The zero-order chi connectivity index (χ0) is 16.4. The van der Waals surface area contributed by atoms with E-state index in [1.807, 2.05) is 12.1 Å². The van der Waals surface area contributed by atoms with Gasteiger partial charge in [0, 0.05) is 28.7 Å². The Morgan fingerprint density at radius 2 is 2.09 bits per heavy atom. The quantitative estimate of drug-likeness (QED) is 0.571. The second-order valence-electron chi connectivity index (χ2n) is 5.22. The van der Waals surface area contributed by atoms with Crippen LogP contribution in [0.1, 0.15) is 23.9 Å². The highest BCUT2D eigenvalue weighted by atomic mass is 16.1. The molecule has 0 unspecified atom stereocenters. The Bertz CT molecular complexity index is 937. The molecule has 0 atom stereocenters. The highest BCUT2D eigenvalue weighted by molar-refractivity contribution is 6.01. The van der Waals surface area contributed by atoms with Gasteiger partial charge in [0.25, 0.3) is 5.56 Å². The fourth-order valence-corrected chi connectivity index (χ4v) is 2.63. The maximum absolute atomic E-state index is 11.5. The number of hydrazone groups is 1. The van der Waals surface area contributed by atoms with Gasteiger partial charge in [-0.15, -0.1) is 10.2 Å². The molecule has 118 valence electrons. The maximum Gasteiger partial charge on any atom is 0.274 e. The lowest BCUT2D eigenvalue weighted by Gasteiger charge is -2.03. The predicted octanol–water partition coefficient (Wildman–Crippen LogP) is 2.20. The topological polar surface area (TPSA) is 88.0 Å². The highest BCUT2D eigenvalue weighted by Gasteiger charge is 2.10. The van der Waals surface area contributed by atoms with Gasteiger partial charge in [-0.25, -0.2) is 5.43 Å². The number of nitrogens with zero attached hydrogens (tertiary/aromatic N) is 4. The van der Waals surface area contributed by atoms with Gasteiger partial charge in [-0.1, -0.05) is 18.2 Å². The maximum atomic E-state index is 11.5. The first-order valence-electron chi connectivity index (χ1n) is 7.42. The number of benzene rings is 1. The standard InChI is InChI=1S/C16H18N6O/c1-4-22-11(3)13(12-7-5-6-8-14(12)22)9-17-20-16-18-15(23)10(2)19-21-16/h5-9H,4H2,1-3H3,(H2,18,20,21,23)/b17-9+. The largest absolute Gasteiger partial charge is 0.344 e. The fraction of sp³-hybridized carbons (Fsp3) is 0.250. The molecule has 0 spiro atoms. The second-order valence-corrected chi connectivity index (χ2v) is 5.22. The summed E-state index contributed by atoms with van der Waals surface area (Å²) in [6.07, 6.45) is 1.74. The van der Waals surface area contributed by atoms with Crippen molar-refractivity contribution in [2.24, 2.45) is 5.10 Å². The summed E-state index contributed by atoms with van der Waals surface area (Å²) in [7, 11) is 0. The van der Waals surface area contributed by atoms with Gasteiger partial charge in [0.1, 0.15) is 5.69 Å². The molecule has 0 radical (unpaired) electrons. The molecule has 0 aliphatic heterocycles. The van der Waals surface area contributed by atoms with E-state index in [-0.39, 0.29) is 11.5 Å². The van der Waals surface area contributed by atoms with E-state index in [1.165, 1.54) is 5.52 Å². The van der Waals surface area contributed by atoms with Crippen LogP contribution < -0.4 is 11.0 Å². The summed E-state index contributed by atoms with van der Waals surface area (Å²) in [5.41, 5.74) is 6.11. The number of nitrogens with one attached hydrogen (secondary N) is 2. The number of aromatic amines is 1. The molecule has 7 heteroatoms. The van der Waals surface area contributed by atoms with Crippen molar-refractivity contribution in [2.75, 3.05) is 5.43 Å². The summed E-state index contributed by atoms with van der Waals surface area (Å²) in [6, 6.07) is 8.21. The highest BCUT2D eigenvalue weighted by Crippen LogP contribution is 2.24. The van der Waals surface area contributed by atoms with Crippen LogP contribution in [-0.2, 0) is 6.54 Å². The van der Waals surface area contributed by atoms with E-state index in [1.54, 1.807) is 13.1 Å². The van der Waals surface area contributed by atoms with Crippen molar-refractivity contribution >= 4 is 23.1 Å². The van der Waals surface area contributed by atoms with E-state index >= 15 is 0 Å². The molecule has 2 N–H and O–H groups in total. The van der Waals surface area contributed by atoms with Crippen LogP contribution in [0.25, 0.3) is 10.9 Å². The molecule has 2 heterocycles. The fourth-order valence-electron chi connectivity index (χ4n) is 2.63. The number of hydrogen-bond donors (Lipinski definition) is 2. The summed E-state index contributed by atoms with van der Waals surface area (Å²) in [5.74, 6) is 0.216. The summed E-state index contributed by atoms with van der Waals surface area (Å²) in [4.78, 5) is 14.1. The van der Waals surface area contributed by atoms with Crippen LogP contribution in [0.5, 0.6) is 0 Å². The number of rotatable bonds is 4. The van der Waals surface area contributed by atoms with Crippen molar-refractivity contribution in [2.45, 2.75) is 27.3 Å². The number of anilines is 1. The van der Waals surface area contributed by atoms with E-state index in [0.29, 0.717) is 5.69 Å². The van der Waals surface area contributed by atoms with Crippen LogP contribution in [0.2, 0.25) is 0 Å². The molecule has 3 aromatic rings. The van der Waals surface area contributed by atoms with Crippen molar-refractivity contribution in [3.8, 4) is 0 Å². The van der Waals surface area contributed by atoms with Crippen LogP contribution in [0.15, 0.2) is 34.2 Å². The number of para-hydroxylation sites is 1. The molecule has 0 bridgehead atoms. The number of aryl methyl sites for hydroxylation is 2. The average molecular weight is 310 g/mol. The van der Waals surface area contributed by atoms with E-state index in [2.05, 4.69) is 56.3 Å². The Labute approximate surface area is 133 Å². The minimum absolute atomic E-state index is 0.216.